The fourth-order valence-electron chi connectivity index (χ4n) is 6.60. The standard InChI is InChI=1S/C42H46N2O2S/c1-29(2)34-27-37(30(3)4)39(38(28-34)31(5)6)43-47(45,36-25-17-10-18-26-36)42-40(32-19-11-7-12-20-32)44(35-23-15-9-16-24-35)46-41(42)33-21-13-8-14-22-33/h7-31,40-42H,1-6H3/t40-,41+,42-,47-/m1/s1. The Morgan fingerprint density at radius 1 is 0.617 bits per heavy atom. The fraction of sp³-hybridized carbons (Fsp3) is 0.286. The van der Waals surface area contributed by atoms with Crippen LogP contribution in [0.25, 0.3) is 0 Å². The summed E-state index contributed by atoms with van der Waals surface area (Å²) in [6.07, 6.45) is -0.530. The van der Waals surface area contributed by atoms with Crippen LogP contribution in [-0.2, 0) is 14.6 Å². The number of rotatable bonds is 9. The second kappa shape index (κ2) is 13.9. The van der Waals surface area contributed by atoms with Crippen molar-refractivity contribution in [3.63, 3.8) is 0 Å². The van der Waals surface area contributed by atoms with Crippen molar-refractivity contribution in [2.24, 2.45) is 4.36 Å². The number of nitrogens with zero attached hydrogens (tertiary/aromatic N) is 2. The van der Waals surface area contributed by atoms with Gasteiger partial charge in [-0.15, -0.1) is 0 Å². The van der Waals surface area contributed by atoms with Gasteiger partial charge in [0.05, 0.1) is 21.1 Å². The van der Waals surface area contributed by atoms with Crippen LogP contribution >= 0.6 is 0 Å². The average molecular weight is 643 g/mol. The molecule has 6 rings (SSSR count). The molecule has 5 aromatic carbocycles. The molecule has 0 saturated carbocycles. The van der Waals surface area contributed by atoms with Crippen LogP contribution in [0.4, 0.5) is 11.4 Å². The molecule has 0 unspecified atom stereocenters. The molecule has 0 radical (unpaired) electrons. The third-order valence-corrected chi connectivity index (χ3v) is 11.8. The first kappa shape index (κ1) is 32.7. The molecule has 4 nitrogen and oxygen atoms in total. The van der Waals surface area contributed by atoms with Crippen molar-refractivity contribution in [2.45, 2.75) is 81.6 Å². The van der Waals surface area contributed by atoms with E-state index in [0.29, 0.717) is 10.8 Å². The SMILES string of the molecule is CC(C)c1cc(C(C)C)c(N=[S@@](=O)(c2ccccc2)[C@@H]2[C@@H](c3ccccc3)N(c3ccccc3)O[C@H]2c2ccccc2)c(C(C)C)c1. The van der Waals surface area contributed by atoms with Gasteiger partial charge in [0.1, 0.15) is 17.4 Å². The molecular weight excluding hydrogens is 597 g/mol. The van der Waals surface area contributed by atoms with Crippen molar-refractivity contribution >= 4 is 21.1 Å². The Hall–Kier alpha value is -4.19. The van der Waals surface area contributed by atoms with E-state index in [2.05, 4.69) is 90.1 Å². The molecule has 4 atom stereocenters. The maximum atomic E-state index is 16.6. The van der Waals surface area contributed by atoms with E-state index in [-0.39, 0.29) is 17.9 Å². The quantitative estimate of drug-likeness (QED) is 0.161. The Bertz CT molecular complexity index is 1870. The number of para-hydroxylation sites is 1. The highest BCUT2D eigenvalue weighted by molar-refractivity contribution is 7.94. The molecule has 0 amide bonds. The number of hydroxylamine groups is 1. The predicted molar refractivity (Wildman–Crippen MR) is 196 cm³/mol. The highest BCUT2D eigenvalue weighted by atomic mass is 32.2. The minimum absolute atomic E-state index is 0.194. The van der Waals surface area contributed by atoms with E-state index in [9.17, 15) is 0 Å². The maximum absolute atomic E-state index is 16.6. The summed E-state index contributed by atoms with van der Waals surface area (Å²) in [6.45, 7) is 13.3. The summed E-state index contributed by atoms with van der Waals surface area (Å²) in [4.78, 5) is 7.73. The molecule has 5 heteroatoms. The molecular formula is C42H46N2O2S. The summed E-state index contributed by atoms with van der Waals surface area (Å²) in [5.74, 6) is 0.754. The lowest BCUT2D eigenvalue weighted by Crippen LogP contribution is -2.33. The zero-order valence-electron chi connectivity index (χ0n) is 28.3. The van der Waals surface area contributed by atoms with E-state index < -0.39 is 21.1 Å². The normalized spacial score (nSPS) is 19.3. The molecule has 1 fully saturated rings. The first-order chi connectivity index (χ1) is 22.7. The van der Waals surface area contributed by atoms with Crippen molar-refractivity contribution in [1.82, 2.24) is 0 Å². The van der Waals surface area contributed by atoms with Gasteiger partial charge in [-0.3, -0.25) is 4.84 Å². The summed E-state index contributed by atoms with van der Waals surface area (Å²) in [7, 11) is -3.22. The van der Waals surface area contributed by atoms with E-state index in [1.54, 1.807) is 0 Å². The number of anilines is 1. The molecule has 242 valence electrons. The van der Waals surface area contributed by atoms with Crippen molar-refractivity contribution in [3.8, 4) is 0 Å². The Morgan fingerprint density at radius 3 is 1.57 bits per heavy atom. The second-order valence-electron chi connectivity index (χ2n) is 13.4. The Kier molecular flexibility index (Phi) is 9.67. The molecule has 0 N–H and O–H groups in total. The highest BCUT2D eigenvalue weighted by Gasteiger charge is 2.51. The first-order valence-electron chi connectivity index (χ1n) is 16.8. The van der Waals surface area contributed by atoms with Crippen LogP contribution in [-0.4, -0.2) is 9.46 Å². The van der Waals surface area contributed by atoms with Crippen LogP contribution < -0.4 is 5.06 Å². The largest absolute Gasteiger partial charge is 0.263 e. The predicted octanol–water partition coefficient (Wildman–Crippen LogP) is 11.5. The maximum Gasteiger partial charge on any atom is 0.129 e. The number of hydrogen-bond acceptors (Lipinski definition) is 4. The van der Waals surface area contributed by atoms with Gasteiger partial charge < -0.3 is 0 Å². The van der Waals surface area contributed by atoms with Gasteiger partial charge in [-0.25, -0.2) is 9.27 Å². The van der Waals surface area contributed by atoms with Gasteiger partial charge in [0.15, 0.2) is 0 Å². The first-order valence-corrected chi connectivity index (χ1v) is 18.4. The summed E-state index contributed by atoms with van der Waals surface area (Å²) < 4.78 is 22.2. The van der Waals surface area contributed by atoms with E-state index in [1.165, 1.54) is 5.56 Å². The van der Waals surface area contributed by atoms with E-state index in [1.807, 2.05) is 90.0 Å². The topological polar surface area (TPSA) is 41.9 Å². The molecule has 0 aliphatic carbocycles. The van der Waals surface area contributed by atoms with E-state index in [4.69, 9.17) is 9.20 Å². The van der Waals surface area contributed by atoms with Gasteiger partial charge in [-0.2, -0.15) is 4.36 Å². The van der Waals surface area contributed by atoms with Crippen molar-refractivity contribution in [1.29, 1.82) is 0 Å². The molecule has 47 heavy (non-hydrogen) atoms. The van der Waals surface area contributed by atoms with Crippen LogP contribution in [0.15, 0.2) is 143 Å². The highest BCUT2D eigenvalue weighted by Crippen LogP contribution is 2.51. The Morgan fingerprint density at radius 2 is 1.09 bits per heavy atom. The smallest absolute Gasteiger partial charge is 0.129 e. The summed E-state index contributed by atoms with van der Waals surface area (Å²) in [5.41, 5.74) is 7.31. The zero-order chi connectivity index (χ0) is 33.1. The van der Waals surface area contributed by atoms with Crippen LogP contribution in [0.1, 0.15) is 99.3 Å². The van der Waals surface area contributed by atoms with Crippen molar-refractivity contribution in [2.75, 3.05) is 5.06 Å². The third kappa shape index (κ3) is 6.52. The van der Waals surface area contributed by atoms with Crippen LogP contribution in [0, 0.1) is 0 Å². The number of benzene rings is 5. The van der Waals surface area contributed by atoms with Gasteiger partial charge in [0.2, 0.25) is 0 Å². The molecule has 1 aliphatic heterocycles. The minimum atomic E-state index is -3.22. The Balaban J connectivity index is 1.73. The van der Waals surface area contributed by atoms with Crippen molar-refractivity contribution < 1.29 is 9.05 Å². The van der Waals surface area contributed by atoms with Gasteiger partial charge in [0.25, 0.3) is 0 Å². The zero-order valence-corrected chi connectivity index (χ0v) is 29.1. The lowest BCUT2D eigenvalue weighted by Gasteiger charge is -2.30. The van der Waals surface area contributed by atoms with Gasteiger partial charge in [-0.1, -0.05) is 151 Å². The summed E-state index contributed by atoms with van der Waals surface area (Å²) in [5, 5.41) is 1.42. The fourth-order valence-corrected chi connectivity index (χ4v) is 9.33. The van der Waals surface area contributed by atoms with Crippen LogP contribution in [0.2, 0.25) is 0 Å². The lowest BCUT2D eigenvalue weighted by atomic mass is 9.88. The van der Waals surface area contributed by atoms with Gasteiger partial charge in [-0.05, 0) is 69.8 Å². The van der Waals surface area contributed by atoms with E-state index >= 15 is 4.21 Å². The van der Waals surface area contributed by atoms with Crippen molar-refractivity contribution in [3.05, 3.63) is 161 Å². The third-order valence-electron chi connectivity index (χ3n) is 9.15. The summed E-state index contributed by atoms with van der Waals surface area (Å²) in [6, 6.07) is 44.8. The molecule has 0 aromatic heterocycles. The lowest BCUT2D eigenvalue weighted by molar-refractivity contribution is 0.0846. The average Bonchev–Trinajstić information content (AvgIpc) is 3.51. The molecule has 0 spiro atoms. The van der Waals surface area contributed by atoms with Gasteiger partial charge in [0, 0.05) is 4.90 Å². The monoisotopic (exact) mass is 642 g/mol. The van der Waals surface area contributed by atoms with E-state index in [0.717, 1.165) is 33.6 Å². The Labute approximate surface area is 281 Å². The molecule has 0 bridgehead atoms. The van der Waals surface area contributed by atoms with Crippen LogP contribution in [0.3, 0.4) is 0 Å². The second-order valence-corrected chi connectivity index (χ2v) is 15.7. The summed E-state index contributed by atoms with van der Waals surface area (Å²) >= 11 is 0. The molecule has 5 aromatic rings. The van der Waals surface area contributed by atoms with Gasteiger partial charge >= 0.3 is 0 Å². The minimum Gasteiger partial charge on any atom is -0.263 e. The molecule has 1 aliphatic rings. The molecule has 1 heterocycles. The molecule has 1 saturated heterocycles. The van der Waals surface area contributed by atoms with Crippen LogP contribution in [0.5, 0.6) is 0 Å². The number of hydrogen-bond donors (Lipinski definition) is 0.